The molecule has 0 fully saturated rings. The number of aliphatic imine (C=N–C) groups is 1. The average molecular weight is 495 g/mol. The third-order valence-electron chi connectivity index (χ3n) is 4.15. The number of hydrogen-bond acceptors (Lipinski definition) is 1. The fraction of sp³-hybridized carbons (Fsp3) is 0.0952. The topological polar surface area (TPSA) is 24.4 Å². The number of amidine groups is 1. The summed E-state index contributed by atoms with van der Waals surface area (Å²) in [6.45, 7) is 0. The van der Waals surface area contributed by atoms with Gasteiger partial charge in [0.05, 0.1) is 22.5 Å². The molecule has 0 aliphatic rings. The molecule has 3 aromatic rings. The summed E-state index contributed by atoms with van der Waals surface area (Å²) in [5, 5.41) is 2.01. The van der Waals surface area contributed by atoms with Crippen molar-refractivity contribution in [2.45, 2.75) is 12.4 Å². The zero-order valence-electron chi connectivity index (χ0n) is 15.6. The molecule has 0 saturated carbocycles. The Hall–Kier alpha value is -2.78. The molecular weight excluding hydrogens is 484 g/mol. The molecule has 11 heteroatoms. The molecule has 0 spiro atoms. The third-order valence-corrected chi connectivity index (χ3v) is 4.62. The van der Waals surface area contributed by atoms with Crippen LogP contribution in [0.3, 0.4) is 0 Å². The van der Waals surface area contributed by atoms with Gasteiger partial charge in [-0.25, -0.2) is 9.38 Å². The lowest BCUT2D eigenvalue weighted by atomic mass is 10.1. The van der Waals surface area contributed by atoms with Gasteiger partial charge in [-0.05, 0) is 60.7 Å². The van der Waals surface area contributed by atoms with Crippen LogP contribution in [0.2, 0.25) is 10.0 Å². The number of alkyl halides is 6. The first-order valence-corrected chi connectivity index (χ1v) is 9.45. The normalized spacial score (nSPS) is 12.7. The van der Waals surface area contributed by atoms with E-state index in [9.17, 15) is 30.7 Å². The van der Waals surface area contributed by atoms with E-state index >= 15 is 0 Å². The van der Waals surface area contributed by atoms with E-state index in [0.717, 1.165) is 42.5 Å². The molecule has 3 rings (SSSR count). The number of anilines is 1. The molecule has 1 N–H and O–H groups in total. The van der Waals surface area contributed by atoms with Gasteiger partial charge in [-0.2, -0.15) is 26.3 Å². The standard InChI is InChI=1S/C21H11Cl2F7N2/c22-12-3-7-17(15(9-12)20(25,26)27)31-19(11-1-5-14(24)6-2-11)32-18-8-4-13(23)10-16(18)21(28,29)30/h1-10H,(H,31,32). The quantitative estimate of drug-likeness (QED) is 0.221. The first-order valence-electron chi connectivity index (χ1n) is 8.70. The minimum absolute atomic E-state index is 0.0394. The van der Waals surface area contributed by atoms with Gasteiger partial charge in [0.25, 0.3) is 0 Å². The summed E-state index contributed by atoms with van der Waals surface area (Å²) in [4.78, 5) is 3.91. The molecule has 0 heterocycles. The predicted molar refractivity (Wildman–Crippen MR) is 109 cm³/mol. The highest BCUT2D eigenvalue weighted by atomic mass is 35.5. The van der Waals surface area contributed by atoms with Crippen molar-refractivity contribution in [3.05, 3.63) is 93.2 Å². The average Bonchev–Trinajstić information content (AvgIpc) is 2.69. The highest BCUT2D eigenvalue weighted by Crippen LogP contribution is 2.39. The Balaban J connectivity index is 2.20. The van der Waals surface area contributed by atoms with E-state index < -0.39 is 40.7 Å². The maximum absolute atomic E-state index is 13.5. The van der Waals surface area contributed by atoms with Crippen LogP contribution in [0.4, 0.5) is 42.1 Å². The summed E-state index contributed by atoms with van der Waals surface area (Å²) in [7, 11) is 0. The highest BCUT2D eigenvalue weighted by Gasteiger charge is 2.35. The van der Waals surface area contributed by atoms with Crippen LogP contribution in [0.1, 0.15) is 16.7 Å². The lowest BCUT2D eigenvalue weighted by Crippen LogP contribution is -2.18. The number of rotatable bonds is 3. The van der Waals surface area contributed by atoms with Gasteiger partial charge in [0.2, 0.25) is 0 Å². The SMILES string of the molecule is Fc1ccc(C(=Nc2ccc(Cl)cc2C(F)(F)F)Nc2ccc(Cl)cc2C(F)(F)F)cc1. The van der Waals surface area contributed by atoms with Crippen molar-refractivity contribution in [1.29, 1.82) is 0 Å². The maximum atomic E-state index is 13.5. The lowest BCUT2D eigenvalue weighted by molar-refractivity contribution is -0.137. The maximum Gasteiger partial charge on any atom is 0.418 e. The molecule has 3 aromatic carbocycles. The Morgan fingerprint density at radius 2 is 1.25 bits per heavy atom. The zero-order valence-corrected chi connectivity index (χ0v) is 17.1. The van der Waals surface area contributed by atoms with Crippen molar-refractivity contribution in [3.63, 3.8) is 0 Å². The molecule has 0 aliphatic carbocycles. The van der Waals surface area contributed by atoms with Crippen molar-refractivity contribution < 1.29 is 30.7 Å². The number of nitrogens with zero attached hydrogens (tertiary/aromatic N) is 1. The Labute approximate surface area is 187 Å². The molecule has 0 saturated heterocycles. The van der Waals surface area contributed by atoms with E-state index in [1.807, 2.05) is 0 Å². The van der Waals surface area contributed by atoms with Crippen LogP contribution in [0.5, 0.6) is 0 Å². The van der Waals surface area contributed by atoms with Crippen LogP contribution >= 0.6 is 23.2 Å². The summed E-state index contributed by atoms with van der Waals surface area (Å²) in [5.41, 5.74) is -3.42. The molecule has 168 valence electrons. The van der Waals surface area contributed by atoms with E-state index in [0.29, 0.717) is 12.1 Å². The second-order valence-corrected chi connectivity index (χ2v) is 7.31. The minimum Gasteiger partial charge on any atom is -0.339 e. The Bertz CT molecular complexity index is 1150. The molecule has 0 atom stereocenters. The number of hydrogen-bond donors (Lipinski definition) is 1. The van der Waals surface area contributed by atoms with E-state index in [-0.39, 0.29) is 21.4 Å². The van der Waals surface area contributed by atoms with E-state index in [4.69, 9.17) is 23.2 Å². The molecular formula is C21H11Cl2F7N2. The summed E-state index contributed by atoms with van der Waals surface area (Å²) in [5.74, 6) is -1.04. The first-order chi connectivity index (χ1) is 14.8. The molecule has 0 bridgehead atoms. The minimum atomic E-state index is -4.84. The van der Waals surface area contributed by atoms with E-state index in [1.165, 1.54) is 6.07 Å². The van der Waals surface area contributed by atoms with Gasteiger partial charge >= 0.3 is 12.4 Å². The number of benzene rings is 3. The molecule has 0 unspecified atom stereocenters. The molecule has 0 radical (unpaired) electrons. The molecule has 0 amide bonds. The first kappa shape index (κ1) is 23.9. The van der Waals surface area contributed by atoms with Gasteiger partial charge in [-0.15, -0.1) is 0 Å². The fourth-order valence-corrected chi connectivity index (χ4v) is 3.06. The van der Waals surface area contributed by atoms with Crippen LogP contribution in [0.25, 0.3) is 0 Å². The van der Waals surface area contributed by atoms with E-state index in [1.54, 1.807) is 0 Å². The number of nitrogens with one attached hydrogen (secondary N) is 1. The second-order valence-electron chi connectivity index (χ2n) is 6.44. The Morgan fingerprint density at radius 3 is 1.81 bits per heavy atom. The van der Waals surface area contributed by atoms with Gasteiger partial charge < -0.3 is 5.32 Å². The van der Waals surface area contributed by atoms with Crippen molar-refractivity contribution in [3.8, 4) is 0 Å². The largest absolute Gasteiger partial charge is 0.418 e. The van der Waals surface area contributed by atoms with Crippen molar-refractivity contribution in [1.82, 2.24) is 0 Å². The van der Waals surface area contributed by atoms with Gasteiger partial charge in [0.15, 0.2) is 0 Å². The van der Waals surface area contributed by atoms with Crippen molar-refractivity contribution in [2.24, 2.45) is 4.99 Å². The van der Waals surface area contributed by atoms with Gasteiger partial charge in [0.1, 0.15) is 11.7 Å². The fourth-order valence-electron chi connectivity index (χ4n) is 2.71. The summed E-state index contributed by atoms with van der Waals surface area (Å²) < 4.78 is 94.2. The molecule has 0 aromatic heterocycles. The molecule has 2 nitrogen and oxygen atoms in total. The Morgan fingerprint density at radius 1 is 0.719 bits per heavy atom. The van der Waals surface area contributed by atoms with Crippen LogP contribution in [-0.4, -0.2) is 5.84 Å². The second kappa shape index (κ2) is 8.99. The van der Waals surface area contributed by atoms with Crippen LogP contribution in [0.15, 0.2) is 65.7 Å². The summed E-state index contributed by atoms with van der Waals surface area (Å²) in [6.07, 6.45) is -9.66. The molecule has 32 heavy (non-hydrogen) atoms. The highest BCUT2D eigenvalue weighted by molar-refractivity contribution is 6.31. The Kier molecular flexibility index (Phi) is 6.71. The summed E-state index contributed by atoms with van der Waals surface area (Å²) >= 11 is 11.3. The van der Waals surface area contributed by atoms with Crippen molar-refractivity contribution >= 4 is 40.4 Å². The van der Waals surface area contributed by atoms with E-state index in [2.05, 4.69) is 10.3 Å². The monoisotopic (exact) mass is 494 g/mol. The van der Waals surface area contributed by atoms with Crippen molar-refractivity contribution in [2.75, 3.05) is 5.32 Å². The lowest BCUT2D eigenvalue weighted by Gasteiger charge is -2.17. The predicted octanol–water partition coefficient (Wildman–Crippen LogP) is 8.36. The van der Waals surface area contributed by atoms with Crippen LogP contribution < -0.4 is 5.32 Å². The summed E-state index contributed by atoms with van der Waals surface area (Å²) in [6, 6.07) is 9.92. The number of halogens is 9. The van der Waals surface area contributed by atoms with Gasteiger partial charge in [0, 0.05) is 15.6 Å². The van der Waals surface area contributed by atoms with Crippen LogP contribution in [0, 0.1) is 5.82 Å². The van der Waals surface area contributed by atoms with Gasteiger partial charge in [-0.1, -0.05) is 23.2 Å². The van der Waals surface area contributed by atoms with Crippen LogP contribution in [-0.2, 0) is 12.4 Å². The van der Waals surface area contributed by atoms with Gasteiger partial charge in [-0.3, -0.25) is 0 Å². The smallest absolute Gasteiger partial charge is 0.339 e. The zero-order chi connectivity index (χ0) is 23.7. The molecule has 0 aliphatic heterocycles. The third kappa shape index (κ3) is 5.72.